The van der Waals surface area contributed by atoms with Gasteiger partial charge in [0.25, 0.3) is 0 Å². The first-order valence-electron chi connectivity index (χ1n) is 9.50. The van der Waals surface area contributed by atoms with E-state index in [9.17, 15) is 4.79 Å². The number of aliphatic imine (C=N–C) groups is 1. The molecule has 4 rings (SSSR count). The van der Waals surface area contributed by atoms with Crippen molar-refractivity contribution in [3.8, 4) is 0 Å². The highest BCUT2D eigenvalue weighted by Crippen LogP contribution is 2.41. The predicted molar refractivity (Wildman–Crippen MR) is 107 cm³/mol. The molecule has 2 saturated heterocycles. The van der Waals surface area contributed by atoms with Crippen LogP contribution >= 0.6 is 11.8 Å². The number of ketones is 1. The third kappa shape index (κ3) is 3.56. The van der Waals surface area contributed by atoms with Crippen molar-refractivity contribution in [2.45, 2.75) is 50.2 Å². The molecular weight excluding hydrogens is 360 g/mol. The van der Waals surface area contributed by atoms with Gasteiger partial charge in [-0.2, -0.15) is 0 Å². The molecule has 2 atom stereocenters. The van der Waals surface area contributed by atoms with Gasteiger partial charge in [0.1, 0.15) is 5.84 Å². The van der Waals surface area contributed by atoms with Gasteiger partial charge in [-0.1, -0.05) is 11.8 Å². The number of pyridine rings is 1. The fraction of sp³-hybridized carbons (Fsp3) is 0.550. The van der Waals surface area contributed by atoms with Crippen molar-refractivity contribution in [2.75, 3.05) is 19.7 Å². The van der Waals surface area contributed by atoms with Crippen molar-refractivity contribution in [3.05, 3.63) is 35.1 Å². The SMILES string of the molecule is Cc1ncccc1SC1=CN=C(N2CCC3(CC2)CO[C@@H](C)[C@H]3N)CC1=O. The Balaban J connectivity index is 1.42. The Labute approximate surface area is 164 Å². The first kappa shape index (κ1) is 18.7. The van der Waals surface area contributed by atoms with E-state index in [0.29, 0.717) is 11.3 Å². The Hall–Kier alpha value is -1.70. The lowest BCUT2D eigenvalue weighted by Gasteiger charge is -2.42. The van der Waals surface area contributed by atoms with Crippen molar-refractivity contribution in [2.24, 2.45) is 16.1 Å². The highest BCUT2D eigenvalue weighted by molar-refractivity contribution is 8.04. The maximum Gasteiger partial charge on any atom is 0.178 e. The van der Waals surface area contributed by atoms with E-state index < -0.39 is 0 Å². The van der Waals surface area contributed by atoms with Crippen LogP contribution in [0.3, 0.4) is 0 Å². The molecule has 0 unspecified atom stereocenters. The summed E-state index contributed by atoms with van der Waals surface area (Å²) in [5.41, 5.74) is 7.41. The molecule has 2 N–H and O–H groups in total. The van der Waals surface area contributed by atoms with Crippen LogP contribution in [0.1, 0.15) is 31.9 Å². The fourth-order valence-corrected chi connectivity index (χ4v) is 5.01. The number of likely N-dealkylation sites (tertiary alicyclic amines) is 1. The van der Waals surface area contributed by atoms with Crippen molar-refractivity contribution in [1.82, 2.24) is 9.88 Å². The highest BCUT2D eigenvalue weighted by atomic mass is 32.2. The number of Topliss-reactive ketones (excluding diaryl/α,β-unsaturated/α-hetero) is 1. The molecule has 1 aromatic heterocycles. The topological polar surface area (TPSA) is 80.8 Å². The zero-order valence-electron chi connectivity index (χ0n) is 15.9. The normalized spacial score (nSPS) is 27.7. The number of carbonyl (C=O) groups excluding carboxylic acids is 1. The highest BCUT2D eigenvalue weighted by Gasteiger charge is 2.47. The minimum absolute atomic E-state index is 0.0871. The molecule has 0 bridgehead atoms. The Morgan fingerprint density at radius 3 is 2.78 bits per heavy atom. The molecule has 0 radical (unpaired) electrons. The zero-order valence-corrected chi connectivity index (χ0v) is 16.7. The number of rotatable bonds is 2. The molecule has 0 amide bonds. The Morgan fingerprint density at radius 1 is 1.37 bits per heavy atom. The van der Waals surface area contributed by atoms with E-state index in [-0.39, 0.29) is 23.3 Å². The monoisotopic (exact) mass is 386 g/mol. The lowest BCUT2D eigenvalue weighted by Crippen LogP contribution is -2.52. The van der Waals surface area contributed by atoms with Crippen LogP contribution < -0.4 is 5.73 Å². The lowest BCUT2D eigenvalue weighted by atomic mass is 9.73. The summed E-state index contributed by atoms with van der Waals surface area (Å²) in [6.07, 6.45) is 5.96. The average molecular weight is 387 g/mol. The molecule has 2 fully saturated rings. The second kappa shape index (κ2) is 7.37. The van der Waals surface area contributed by atoms with Crippen LogP contribution in [0, 0.1) is 12.3 Å². The van der Waals surface area contributed by atoms with E-state index >= 15 is 0 Å². The molecule has 144 valence electrons. The van der Waals surface area contributed by atoms with Crippen LogP contribution in [-0.4, -0.2) is 53.3 Å². The van der Waals surface area contributed by atoms with E-state index in [0.717, 1.165) is 49.0 Å². The summed E-state index contributed by atoms with van der Waals surface area (Å²) in [7, 11) is 0. The molecule has 0 aromatic carbocycles. The lowest BCUT2D eigenvalue weighted by molar-refractivity contribution is -0.114. The number of hydrogen-bond donors (Lipinski definition) is 1. The number of aryl methyl sites for hydroxylation is 1. The molecule has 6 nitrogen and oxygen atoms in total. The van der Waals surface area contributed by atoms with Gasteiger partial charge in [-0.25, -0.2) is 4.99 Å². The van der Waals surface area contributed by atoms with E-state index in [4.69, 9.17) is 10.5 Å². The van der Waals surface area contributed by atoms with E-state index in [1.807, 2.05) is 19.1 Å². The third-order valence-electron chi connectivity index (χ3n) is 6.07. The molecule has 1 spiro atoms. The number of hydrogen-bond acceptors (Lipinski definition) is 7. The van der Waals surface area contributed by atoms with Crippen molar-refractivity contribution >= 4 is 23.4 Å². The van der Waals surface area contributed by atoms with Gasteiger partial charge < -0.3 is 15.4 Å². The quantitative estimate of drug-likeness (QED) is 0.841. The minimum atomic E-state index is 0.0871. The van der Waals surface area contributed by atoms with Gasteiger partial charge in [-0.15, -0.1) is 0 Å². The number of aromatic nitrogens is 1. The van der Waals surface area contributed by atoms with Gasteiger partial charge in [0.15, 0.2) is 5.78 Å². The predicted octanol–water partition coefficient (Wildman–Crippen LogP) is 2.52. The van der Waals surface area contributed by atoms with Crippen LogP contribution in [0.15, 0.2) is 39.3 Å². The van der Waals surface area contributed by atoms with Crippen LogP contribution in [0.4, 0.5) is 0 Å². The summed E-state index contributed by atoms with van der Waals surface area (Å²) in [5, 5.41) is 0. The molecule has 1 aromatic rings. The summed E-state index contributed by atoms with van der Waals surface area (Å²) in [6, 6.07) is 3.97. The van der Waals surface area contributed by atoms with E-state index in [1.165, 1.54) is 11.8 Å². The second-order valence-corrected chi connectivity index (χ2v) is 8.80. The number of amidine groups is 1. The smallest absolute Gasteiger partial charge is 0.178 e. The molecule has 7 heteroatoms. The number of nitrogens with zero attached hydrogens (tertiary/aromatic N) is 3. The first-order chi connectivity index (χ1) is 13.0. The minimum Gasteiger partial charge on any atom is -0.376 e. The van der Waals surface area contributed by atoms with Gasteiger partial charge in [0.2, 0.25) is 0 Å². The van der Waals surface area contributed by atoms with Gasteiger partial charge in [-0.3, -0.25) is 9.78 Å². The molecule has 3 aliphatic heterocycles. The number of ether oxygens (including phenoxy) is 1. The molecule has 27 heavy (non-hydrogen) atoms. The largest absolute Gasteiger partial charge is 0.376 e. The Morgan fingerprint density at radius 2 is 2.15 bits per heavy atom. The number of piperidine rings is 1. The molecular formula is C20H26N4O2S. The summed E-state index contributed by atoms with van der Waals surface area (Å²) in [4.78, 5) is 25.5. The van der Waals surface area contributed by atoms with Crippen molar-refractivity contribution in [3.63, 3.8) is 0 Å². The van der Waals surface area contributed by atoms with Crippen LogP contribution in [0.2, 0.25) is 0 Å². The maximum atomic E-state index is 12.7. The van der Waals surface area contributed by atoms with Gasteiger partial charge in [0, 0.05) is 41.8 Å². The summed E-state index contributed by atoms with van der Waals surface area (Å²) < 4.78 is 5.79. The van der Waals surface area contributed by atoms with E-state index in [2.05, 4.69) is 21.8 Å². The Kier molecular flexibility index (Phi) is 5.09. The summed E-state index contributed by atoms with van der Waals surface area (Å²) >= 11 is 1.45. The number of nitrogens with two attached hydrogens (primary N) is 1. The Bertz CT molecular complexity index is 799. The number of carbonyl (C=O) groups is 1. The zero-order chi connectivity index (χ0) is 19.0. The summed E-state index contributed by atoms with van der Waals surface area (Å²) in [5.74, 6) is 1.01. The average Bonchev–Trinajstić information content (AvgIpc) is 2.94. The molecule has 4 heterocycles. The van der Waals surface area contributed by atoms with Gasteiger partial charge in [0.05, 0.1) is 29.7 Å². The molecule has 0 saturated carbocycles. The molecule has 3 aliphatic rings. The van der Waals surface area contributed by atoms with Crippen LogP contribution in [-0.2, 0) is 9.53 Å². The third-order valence-corrected chi connectivity index (χ3v) is 7.28. The fourth-order valence-electron chi connectivity index (χ4n) is 4.14. The standard InChI is InChI=1S/C20H26N4O2S/c1-13-16(4-3-7-22-13)27-17-11-23-18(10-15(17)25)24-8-5-20(6-9-24)12-26-14(2)19(20)21/h3-4,7,11,14,19H,5-6,8-10,12,21H2,1-2H3/t14-,19+/m0/s1. The summed E-state index contributed by atoms with van der Waals surface area (Å²) in [6.45, 7) is 6.53. The van der Waals surface area contributed by atoms with Crippen LogP contribution in [0.25, 0.3) is 0 Å². The van der Waals surface area contributed by atoms with Gasteiger partial charge in [-0.05, 0) is 38.8 Å². The maximum absolute atomic E-state index is 12.7. The van der Waals surface area contributed by atoms with Crippen LogP contribution in [0.5, 0.6) is 0 Å². The number of allylic oxidation sites excluding steroid dienone is 1. The second-order valence-electron chi connectivity index (χ2n) is 7.72. The molecule has 0 aliphatic carbocycles. The first-order valence-corrected chi connectivity index (χ1v) is 10.3. The van der Waals surface area contributed by atoms with Crippen molar-refractivity contribution in [1.29, 1.82) is 0 Å². The van der Waals surface area contributed by atoms with Gasteiger partial charge >= 0.3 is 0 Å². The van der Waals surface area contributed by atoms with Crippen molar-refractivity contribution < 1.29 is 9.53 Å². The van der Waals surface area contributed by atoms with E-state index in [1.54, 1.807) is 12.4 Å². The number of thioether (sulfide) groups is 1.